The molecule has 0 bridgehead atoms. The van der Waals surface area contributed by atoms with Crippen LogP contribution in [-0.4, -0.2) is 34.8 Å². The van der Waals surface area contributed by atoms with Gasteiger partial charge < -0.3 is 15.2 Å². The zero-order chi connectivity index (χ0) is 19.5. The number of para-hydroxylation sites is 1. The number of hydrogen-bond donors (Lipinski definition) is 2. The van der Waals surface area contributed by atoms with Gasteiger partial charge in [0.05, 0.1) is 12.0 Å². The Morgan fingerprint density at radius 3 is 2.75 bits per heavy atom. The first-order chi connectivity index (χ1) is 13.6. The van der Waals surface area contributed by atoms with E-state index >= 15 is 0 Å². The molecule has 5 heteroatoms. The van der Waals surface area contributed by atoms with Gasteiger partial charge in [-0.2, -0.15) is 0 Å². The molecular formula is C23H25N3O2. The van der Waals surface area contributed by atoms with E-state index in [0.29, 0.717) is 19.5 Å². The largest absolute Gasteiger partial charge is 0.361 e. The van der Waals surface area contributed by atoms with Crippen LogP contribution in [0.5, 0.6) is 0 Å². The molecule has 4 rings (SSSR count). The van der Waals surface area contributed by atoms with Gasteiger partial charge in [-0.05, 0) is 30.5 Å². The van der Waals surface area contributed by atoms with Crippen molar-refractivity contribution in [2.75, 3.05) is 13.1 Å². The Bertz CT molecular complexity index is 980. The molecule has 144 valence electrons. The highest BCUT2D eigenvalue weighted by atomic mass is 16.2. The average molecular weight is 375 g/mol. The molecule has 1 saturated heterocycles. The summed E-state index contributed by atoms with van der Waals surface area (Å²) in [5.74, 6) is -0.256. The van der Waals surface area contributed by atoms with Crippen molar-refractivity contribution < 1.29 is 9.59 Å². The number of aromatic amines is 1. The summed E-state index contributed by atoms with van der Waals surface area (Å²) in [5, 5.41) is 4.24. The van der Waals surface area contributed by atoms with Gasteiger partial charge in [-0.25, -0.2) is 0 Å². The number of amides is 2. The van der Waals surface area contributed by atoms with Gasteiger partial charge in [0.2, 0.25) is 11.8 Å². The summed E-state index contributed by atoms with van der Waals surface area (Å²) < 4.78 is 0. The molecule has 1 fully saturated rings. The third-order valence-electron chi connectivity index (χ3n) is 5.57. The van der Waals surface area contributed by atoms with E-state index in [0.717, 1.165) is 17.5 Å². The molecular weight excluding hydrogens is 350 g/mol. The van der Waals surface area contributed by atoms with Crippen molar-refractivity contribution in [2.24, 2.45) is 5.92 Å². The van der Waals surface area contributed by atoms with Crippen LogP contribution in [0.15, 0.2) is 60.8 Å². The van der Waals surface area contributed by atoms with Crippen molar-refractivity contribution in [1.29, 1.82) is 0 Å². The van der Waals surface area contributed by atoms with Crippen molar-refractivity contribution in [3.63, 3.8) is 0 Å². The first kappa shape index (κ1) is 18.3. The van der Waals surface area contributed by atoms with Crippen molar-refractivity contribution in [2.45, 2.75) is 25.8 Å². The van der Waals surface area contributed by atoms with E-state index in [2.05, 4.69) is 16.4 Å². The molecule has 5 nitrogen and oxygen atoms in total. The normalized spacial score (nSPS) is 17.8. The molecule has 2 aromatic carbocycles. The van der Waals surface area contributed by atoms with E-state index < -0.39 is 0 Å². The lowest BCUT2D eigenvalue weighted by atomic mass is 10.1. The van der Waals surface area contributed by atoms with Crippen LogP contribution in [0, 0.1) is 5.92 Å². The van der Waals surface area contributed by atoms with Gasteiger partial charge in [-0.15, -0.1) is 0 Å². The fourth-order valence-corrected chi connectivity index (χ4v) is 3.91. The summed E-state index contributed by atoms with van der Waals surface area (Å²) in [4.78, 5) is 30.1. The van der Waals surface area contributed by atoms with Crippen LogP contribution < -0.4 is 5.32 Å². The highest BCUT2D eigenvalue weighted by Crippen LogP contribution is 2.22. The number of likely N-dealkylation sites (tertiary alicyclic amines) is 1. The summed E-state index contributed by atoms with van der Waals surface area (Å²) in [6, 6.07) is 18.0. The quantitative estimate of drug-likeness (QED) is 0.693. The van der Waals surface area contributed by atoms with Gasteiger partial charge in [-0.3, -0.25) is 9.59 Å². The number of H-pyrrole nitrogens is 1. The molecule has 2 atom stereocenters. The molecule has 0 aliphatic carbocycles. The molecule has 1 aliphatic heterocycles. The first-order valence-corrected chi connectivity index (χ1v) is 9.80. The van der Waals surface area contributed by atoms with Gasteiger partial charge in [0.15, 0.2) is 0 Å². The molecule has 0 radical (unpaired) electrons. The Balaban J connectivity index is 1.34. The fourth-order valence-electron chi connectivity index (χ4n) is 3.91. The molecule has 2 heterocycles. The van der Waals surface area contributed by atoms with Crippen molar-refractivity contribution in [3.8, 4) is 0 Å². The van der Waals surface area contributed by atoms with E-state index in [1.165, 1.54) is 10.9 Å². The number of aromatic nitrogens is 1. The minimum absolute atomic E-state index is 0.0423. The summed E-state index contributed by atoms with van der Waals surface area (Å²) in [5.41, 5.74) is 3.38. The van der Waals surface area contributed by atoms with Gasteiger partial charge in [0.1, 0.15) is 0 Å². The first-order valence-electron chi connectivity index (χ1n) is 9.80. The summed E-state index contributed by atoms with van der Waals surface area (Å²) in [6.07, 6.45) is 3.09. The zero-order valence-corrected chi connectivity index (χ0v) is 16.0. The summed E-state index contributed by atoms with van der Waals surface area (Å²) >= 11 is 0. The van der Waals surface area contributed by atoms with Crippen molar-refractivity contribution in [1.82, 2.24) is 15.2 Å². The Morgan fingerprint density at radius 2 is 1.93 bits per heavy atom. The number of fused-ring (bicyclic) bond motifs is 1. The third-order valence-corrected chi connectivity index (χ3v) is 5.57. The highest BCUT2D eigenvalue weighted by molar-refractivity contribution is 5.89. The summed E-state index contributed by atoms with van der Waals surface area (Å²) in [7, 11) is 0. The minimum Gasteiger partial charge on any atom is -0.361 e. The predicted molar refractivity (Wildman–Crippen MR) is 110 cm³/mol. The molecule has 2 N–H and O–H groups in total. The Labute approximate surface area is 164 Å². The van der Waals surface area contributed by atoms with Crippen molar-refractivity contribution >= 4 is 22.7 Å². The topological polar surface area (TPSA) is 65.2 Å². The molecule has 1 aromatic heterocycles. The number of hydrogen-bond acceptors (Lipinski definition) is 2. The Hall–Kier alpha value is -3.08. The SMILES string of the molecule is CC(NC(=O)C1CC(=O)N(CCc2c[nH]c3ccccc23)C1)c1ccccc1. The molecule has 0 spiro atoms. The summed E-state index contributed by atoms with van der Waals surface area (Å²) in [6.45, 7) is 3.10. The molecule has 2 unspecified atom stereocenters. The Morgan fingerprint density at radius 1 is 1.18 bits per heavy atom. The maximum atomic E-state index is 12.6. The molecule has 28 heavy (non-hydrogen) atoms. The monoisotopic (exact) mass is 375 g/mol. The van der Waals surface area contributed by atoms with Crippen LogP contribution in [0.3, 0.4) is 0 Å². The number of nitrogens with zero attached hydrogens (tertiary/aromatic N) is 1. The standard InChI is InChI=1S/C23H25N3O2/c1-16(17-7-3-2-4-8-17)25-23(28)19-13-22(27)26(15-19)12-11-18-14-24-21-10-6-5-9-20(18)21/h2-10,14,16,19,24H,11-13,15H2,1H3,(H,25,28). The van der Waals surface area contributed by atoms with E-state index in [4.69, 9.17) is 0 Å². The number of nitrogens with one attached hydrogen (secondary N) is 2. The minimum atomic E-state index is -0.276. The van der Waals surface area contributed by atoms with Crippen LogP contribution >= 0.6 is 0 Å². The van der Waals surface area contributed by atoms with Crippen molar-refractivity contribution in [3.05, 3.63) is 71.9 Å². The lowest BCUT2D eigenvalue weighted by Gasteiger charge is -2.18. The lowest BCUT2D eigenvalue weighted by molar-refractivity contribution is -0.129. The fraction of sp³-hybridized carbons (Fsp3) is 0.304. The van der Waals surface area contributed by atoms with Crippen LogP contribution in [0.2, 0.25) is 0 Å². The number of carbonyl (C=O) groups is 2. The van der Waals surface area contributed by atoms with Crippen LogP contribution in [-0.2, 0) is 16.0 Å². The maximum absolute atomic E-state index is 12.6. The van der Waals surface area contributed by atoms with Gasteiger partial charge in [-0.1, -0.05) is 48.5 Å². The second-order valence-electron chi connectivity index (χ2n) is 7.49. The van der Waals surface area contributed by atoms with Gasteiger partial charge in [0.25, 0.3) is 0 Å². The maximum Gasteiger partial charge on any atom is 0.225 e. The number of rotatable bonds is 6. The van der Waals surface area contributed by atoms with E-state index in [1.807, 2.05) is 66.6 Å². The number of carbonyl (C=O) groups excluding carboxylic acids is 2. The smallest absolute Gasteiger partial charge is 0.225 e. The van der Waals surface area contributed by atoms with E-state index in [-0.39, 0.29) is 23.8 Å². The second-order valence-corrected chi connectivity index (χ2v) is 7.49. The molecule has 3 aromatic rings. The van der Waals surface area contributed by atoms with Crippen LogP contribution in [0.1, 0.15) is 30.5 Å². The van der Waals surface area contributed by atoms with Crippen LogP contribution in [0.25, 0.3) is 10.9 Å². The predicted octanol–water partition coefficient (Wildman–Crippen LogP) is 3.44. The van der Waals surface area contributed by atoms with Crippen LogP contribution in [0.4, 0.5) is 0 Å². The highest BCUT2D eigenvalue weighted by Gasteiger charge is 2.34. The van der Waals surface area contributed by atoms with E-state index in [9.17, 15) is 9.59 Å². The average Bonchev–Trinajstić information content (AvgIpc) is 3.30. The Kier molecular flexibility index (Phi) is 5.15. The second kappa shape index (κ2) is 7.89. The van der Waals surface area contributed by atoms with Gasteiger partial charge >= 0.3 is 0 Å². The van der Waals surface area contributed by atoms with E-state index in [1.54, 1.807) is 0 Å². The molecule has 1 aliphatic rings. The molecule has 0 saturated carbocycles. The zero-order valence-electron chi connectivity index (χ0n) is 16.0. The number of benzene rings is 2. The molecule has 2 amide bonds. The van der Waals surface area contributed by atoms with Gasteiger partial charge in [0, 0.05) is 36.6 Å². The third kappa shape index (κ3) is 3.79. The lowest BCUT2D eigenvalue weighted by Crippen LogP contribution is -2.35.